The van der Waals surface area contributed by atoms with Crippen LogP contribution in [0.25, 0.3) is 16.6 Å². The Hall–Kier alpha value is -3.45. The third kappa shape index (κ3) is 5.62. The number of hydrogen-bond donors (Lipinski definition) is 1. The van der Waals surface area contributed by atoms with Gasteiger partial charge in [0.2, 0.25) is 5.91 Å². The highest BCUT2D eigenvalue weighted by Crippen LogP contribution is 2.33. The van der Waals surface area contributed by atoms with Gasteiger partial charge in [-0.2, -0.15) is 0 Å². The van der Waals surface area contributed by atoms with Crippen molar-refractivity contribution in [3.8, 4) is 0 Å². The van der Waals surface area contributed by atoms with Gasteiger partial charge in [-0.05, 0) is 56.7 Å². The second-order valence-electron chi connectivity index (χ2n) is 10.1. The van der Waals surface area contributed by atoms with Crippen LogP contribution in [-0.4, -0.2) is 77.5 Å². The van der Waals surface area contributed by atoms with E-state index in [2.05, 4.69) is 74.2 Å². The lowest BCUT2D eigenvalue weighted by atomic mass is 10.0. The smallest absolute Gasteiger partial charge is 0.229 e. The molecule has 2 aromatic heterocycles. The molecule has 1 amide bonds. The third-order valence-corrected chi connectivity index (χ3v) is 7.63. The maximum Gasteiger partial charge on any atom is 0.229 e. The van der Waals surface area contributed by atoms with Crippen LogP contribution in [0, 0.1) is 5.92 Å². The summed E-state index contributed by atoms with van der Waals surface area (Å²) in [6.45, 7) is 11.0. The zero-order valence-corrected chi connectivity index (χ0v) is 22.0. The molecule has 1 fully saturated rings. The standard InChI is InChI=1S/C30H38N6O/c1-3-16-36-23(2)25(22-28(36)26-11-4-5-13-31-26)30(37)33-15-8-17-34-18-20-35(21-19-34)27-12-6-9-24-10-7-14-32-29(24)27/h4-7,9-14,22-23,25H,3,8,15-21H2,1-2H3,(H,33,37). The summed E-state index contributed by atoms with van der Waals surface area (Å²) >= 11 is 0. The molecule has 37 heavy (non-hydrogen) atoms. The maximum atomic E-state index is 13.1. The Kier molecular flexibility index (Phi) is 7.99. The number of amides is 1. The van der Waals surface area contributed by atoms with Crippen LogP contribution in [0.4, 0.5) is 5.69 Å². The first-order valence-corrected chi connectivity index (χ1v) is 13.6. The summed E-state index contributed by atoms with van der Waals surface area (Å²) in [5.74, 6) is -0.0331. The molecule has 2 atom stereocenters. The molecule has 0 spiro atoms. The number of nitrogens with one attached hydrogen (secondary N) is 1. The van der Waals surface area contributed by atoms with Gasteiger partial charge in [-0.15, -0.1) is 0 Å². The van der Waals surface area contributed by atoms with Crippen molar-refractivity contribution in [2.24, 2.45) is 5.92 Å². The van der Waals surface area contributed by atoms with Crippen LogP contribution >= 0.6 is 0 Å². The summed E-state index contributed by atoms with van der Waals surface area (Å²) in [5, 5.41) is 4.40. The molecule has 4 heterocycles. The lowest BCUT2D eigenvalue weighted by molar-refractivity contribution is -0.124. The molecule has 0 bridgehead atoms. The van der Waals surface area contributed by atoms with Crippen molar-refractivity contribution >= 4 is 28.2 Å². The number of benzene rings is 1. The Morgan fingerprint density at radius 2 is 1.78 bits per heavy atom. The second kappa shape index (κ2) is 11.7. The Morgan fingerprint density at radius 3 is 2.57 bits per heavy atom. The molecule has 5 rings (SSSR count). The van der Waals surface area contributed by atoms with Crippen molar-refractivity contribution in [3.63, 3.8) is 0 Å². The zero-order chi connectivity index (χ0) is 25.6. The number of aromatic nitrogens is 2. The van der Waals surface area contributed by atoms with E-state index in [0.29, 0.717) is 6.54 Å². The molecule has 2 aliphatic rings. The molecule has 7 heteroatoms. The van der Waals surface area contributed by atoms with Gasteiger partial charge in [-0.1, -0.05) is 31.2 Å². The van der Waals surface area contributed by atoms with E-state index in [-0.39, 0.29) is 17.9 Å². The number of carbonyl (C=O) groups is 1. The lowest BCUT2D eigenvalue weighted by Gasteiger charge is -2.36. The molecule has 2 unspecified atom stereocenters. The molecule has 0 saturated carbocycles. The van der Waals surface area contributed by atoms with Crippen LogP contribution in [0.15, 0.2) is 67.0 Å². The minimum Gasteiger partial charge on any atom is -0.367 e. The number of hydrogen-bond acceptors (Lipinski definition) is 6. The Morgan fingerprint density at radius 1 is 0.973 bits per heavy atom. The Balaban J connectivity index is 1.09. The first-order valence-electron chi connectivity index (χ1n) is 13.6. The Bertz CT molecular complexity index is 1220. The lowest BCUT2D eigenvalue weighted by Crippen LogP contribution is -2.47. The van der Waals surface area contributed by atoms with Gasteiger partial charge >= 0.3 is 0 Å². The summed E-state index contributed by atoms with van der Waals surface area (Å²) in [5.41, 5.74) is 4.33. The summed E-state index contributed by atoms with van der Waals surface area (Å²) in [7, 11) is 0. The second-order valence-corrected chi connectivity index (χ2v) is 10.1. The van der Waals surface area contributed by atoms with Gasteiger partial charge < -0.3 is 15.1 Å². The van der Waals surface area contributed by atoms with Crippen molar-refractivity contribution in [2.45, 2.75) is 32.7 Å². The number of carbonyl (C=O) groups excluding carboxylic acids is 1. The first-order chi connectivity index (χ1) is 18.2. The Labute approximate surface area is 220 Å². The molecule has 1 saturated heterocycles. The van der Waals surface area contributed by atoms with Crippen molar-refractivity contribution in [1.82, 2.24) is 25.1 Å². The highest BCUT2D eigenvalue weighted by Gasteiger charge is 2.36. The highest BCUT2D eigenvalue weighted by molar-refractivity contribution is 5.90. The fraction of sp³-hybridized carbons (Fsp3) is 0.433. The molecular weight excluding hydrogens is 460 g/mol. The van der Waals surface area contributed by atoms with Crippen LogP contribution in [0.2, 0.25) is 0 Å². The highest BCUT2D eigenvalue weighted by atomic mass is 16.1. The number of piperazine rings is 1. The summed E-state index contributed by atoms with van der Waals surface area (Å²) in [4.78, 5) is 29.5. The van der Waals surface area contributed by atoms with Crippen molar-refractivity contribution in [1.29, 1.82) is 0 Å². The van der Waals surface area contributed by atoms with Crippen LogP contribution in [0.5, 0.6) is 0 Å². The van der Waals surface area contributed by atoms with E-state index in [1.54, 1.807) is 0 Å². The molecule has 1 aromatic carbocycles. The number of fused-ring (bicyclic) bond motifs is 1. The summed E-state index contributed by atoms with van der Waals surface area (Å²) in [6.07, 6.45) is 7.79. The molecular formula is C30H38N6O. The van der Waals surface area contributed by atoms with Gasteiger partial charge in [0.15, 0.2) is 0 Å². The van der Waals surface area contributed by atoms with E-state index in [9.17, 15) is 4.79 Å². The van der Waals surface area contributed by atoms with E-state index in [1.165, 1.54) is 11.1 Å². The minimum absolute atomic E-state index is 0.118. The van der Waals surface area contributed by atoms with E-state index >= 15 is 0 Å². The van der Waals surface area contributed by atoms with Crippen LogP contribution in [0.3, 0.4) is 0 Å². The van der Waals surface area contributed by atoms with Gasteiger partial charge in [0.05, 0.1) is 28.5 Å². The molecule has 2 aliphatic heterocycles. The largest absolute Gasteiger partial charge is 0.367 e. The fourth-order valence-corrected chi connectivity index (χ4v) is 5.61. The monoisotopic (exact) mass is 498 g/mol. The van der Waals surface area contributed by atoms with E-state index in [0.717, 1.165) is 69.0 Å². The third-order valence-electron chi connectivity index (χ3n) is 7.63. The normalized spacial score (nSPS) is 20.3. The molecule has 0 radical (unpaired) electrons. The molecule has 1 N–H and O–H groups in total. The minimum atomic E-state index is -0.151. The van der Waals surface area contributed by atoms with Crippen molar-refractivity contribution in [3.05, 3.63) is 72.7 Å². The van der Waals surface area contributed by atoms with E-state index in [1.807, 2.05) is 36.7 Å². The van der Waals surface area contributed by atoms with Crippen LogP contribution in [-0.2, 0) is 4.79 Å². The van der Waals surface area contributed by atoms with Crippen LogP contribution < -0.4 is 10.2 Å². The van der Waals surface area contributed by atoms with Gasteiger partial charge in [-0.25, -0.2) is 0 Å². The van der Waals surface area contributed by atoms with Gasteiger partial charge in [0, 0.05) is 63.1 Å². The van der Waals surface area contributed by atoms with E-state index in [4.69, 9.17) is 0 Å². The average Bonchev–Trinajstić information content (AvgIpc) is 3.27. The average molecular weight is 499 g/mol. The van der Waals surface area contributed by atoms with Gasteiger partial charge in [0.25, 0.3) is 0 Å². The zero-order valence-electron chi connectivity index (χ0n) is 22.0. The van der Waals surface area contributed by atoms with Crippen molar-refractivity contribution in [2.75, 3.05) is 50.7 Å². The molecule has 7 nitrogen and oxygen atoms in total. The topological polar surface area (TPSA) is 64.6 Å². The van der Waals surface area contributed by atoms with Crippen molar-refractivity contribution < 1.29 is 4.79 Å². The number of nitrogens with zero attached hydrogens (tertiary/aromatic N) is 5. The molecule has 3 aromatic rings. The number of anilines is 1. The van der Waals surface area contributed by atoms with Crippen LogP contribution in [0.1, 0.15) is 32.4 Å². The number of para-hydroxylation sites is 1. The predicted molar refractivity (Wildman–Crippen MR) is 150 cm³/mol. The van der Waals surface area contributed by atoms with Gasteiger partial charge in [0.1, 0.15) is 0 Å². The quantitative estimate of drug-likeness (QED) is 0.450. The first kappa shape index (κ1) is 25.2. The molecule has 0 aliphatic carbocycles. The maximum absolute atomic E-state index is 13.1. The number of rotatable bonds is 9. The van der Waals surface area contributed by atoms with E-state index < -0.39 is 0 Å². The predicted octanol–water partition coefficient (Wildman–Crippen LogP) is 4.03. The number of pyridine rings is 2. The SMILES string of the molecule is CCCN1C(c2ccccn2)=CC(C(=O)NCCCN2CCN(c3cccc4cccnc34)CC2)C1C. The molecule has 194 valence electrons. The fourth-order valence-electron chi connectivity index (χ4n) is 5.61. The summed E-state index contributed by atoms with van der Waals surface area (Å²) in [6, 6.07) is 16.6. The van der Waals surface area contributed by atoms with Gasteiger partial charge in [-0.3, -0.25) is 19.7 Å². The summed E-state index contributed by atoms with van der Waals surface area (Å²) < 4.78 is 0.